The number of allylic oxidation sites excluding steroid dienone is 2. The Labute approximate surface area is 136 Å². The van der Waals surface area contributed by atoms with E-state index in [1.807, 2.05) is 60.0 Å². The summed E-state index contributed by atoms with van der Waals surface area (Å²) in [5, 5.41) is 42.3. The molecular formula is C18H8N4S. The van der Waals surface area contributed by atoms with E-state index >= 15 is 0 Å². The van der Waals surface area contributed by atoms with Gasteiger partial charge in [0.15, 0.2) is 10.8 Å². The van der Waals surface area contributed by atoms with E-state index in [2.05, 4.69) is 0 Å². The zero-order valence-electron chi connectivity index (χ0n) is 11.8. The normalized spacial score (nSPS) is 24.9. The zero-order valence-corrected chi connectivity index (χ0v) is 12.6. The van der Waals surface area contributed by atoms with E-state index in [-0.39, 0.29) is 0 Å². The number of thiophene rings is 1. The second-order valence-corrected chi connectivity index (χ2v) is 6.73. The van der Waals surface area contributed by atoms with Gasteiger partial charge in [-0.3, -0.25) is 0 Å². The summed E-state index contributed by atoms with van der Waals surface area (Å²) in [4.78, 5) is 0. The average Bonchev–Trinajstić information content (AvgIpc) is 2.93. The molecule has 23 heavy (non-hydrogen) atoms. The van der Waals surface area contributed by atoms with Gasteiger partial charge in [0.25, 0.3) is 0 Å². The van der Waals surface area contributed by atoms with Crippen molar-refractivity contribution in [1.82, 2.24) is 0 Å². The second kappa shape index (κ2) is 4.21. The Hall–Kier alpha value is -3.12. The van der Waals surface area contributed by atoms with E-state index in [4.69, 9.17) is 0 Å². The first kappa shape index (κ1) is 13.5. The highest BCUT2D eigenvalue weighted by molar-refractivity contribution is 7.17. The van der Waals surface area contributed by atoms with Crippen LogP contribution in [0.3, 0.4) is 0 Å². The molecule has 1 aromatic heterocycles. The summed E-state index contributed by atoms with van der Waals surface area (Å²) in [6, 6.07) is 14.0. The van der Waals surface area contributed by atoms with E-state index < -0.39 is 22.7 Å². The van der Waals surface area contributed by atoms with Gasteiger partial charge < -0.3 is 0 Å². The summed E-state index contributed by atoms with van der Waals surface area (Å²) in [7, 11) is 0. The first-order chi connectivity index (χ1) is 11.2. The molecule has 3 aliphatic rings. The van der Waals surface area contributed by atoms with Crippen LogP contribution < -0.4 is 0 Å². The van der Waals surface area contributed by atoms with Crippen LogP contribution in [0.25, 0.3) is 10.1 Å². The summed E-state index contributed by atoms with van der Waals surface area (Å²) < 4.78 is 1.05. The number of nitriles is 4. The Morgan fingerprint density at radius 3 is 1.96 bits per heavy atom. The van der Waals surface area contributed by atoms with Crippen LogP contribution in [0, 0.1) is 56.2 Å². The molecule has 0 fully saturated rings. The molecule has 2 atom stereocenters. The van der Waals surface area contributed by atoms with Gasteiger partial charge in [0.05, 0.1) is 24.3 Å². The van der Waals surface area contributed by atoms with Crippen LogP contribution in [0.2, 0.25) is 0 Å². The molecule has 2 bridgehead atoms. The molecule has 0 amide bonds. The van der Waals surface area contributed by atoms with Crippen LogP contribution in [0.1, 0.15) is 23.0 Å². The number of rotatable bonds is 0. The van der Waals surface area contributed by atoms with Gasteiger partial charge in [-0.2, -0.15) is 21.0 Å². The summed E-state index contributed by atoms with van der Waals surface area (Å²) >= 11 is 1.56. The van der Waals surface area contributed by atoms with Gasteiger partial charge in [0.2, 0.25) is 0 Å². The highest BCUT2D eigenvalue weighted by Gasteiger charge is 2.66. The van der Waals surface area contributed by atoms with E-state index in [1.165, 1.54) is 0 Å². The third-order valence-electron chi connectivity index (χ3n) is 5.09. The molecule has 2 aromatic rings. The van der Waals surface area contributed by atoms with Crippen molar-refractivity contribution >= 4 is 21.4 Å². The highest BCUT2D eigenvalue weighted by atomic mass is 32.1. The van der Waals surface area contributed by atoms with Crippen molar-refractivity contribution < 1.29 is 0 Å². The van der Waals surface area contributed by atoms with Gasteiger partial charge in [-0.1, -0.05) is 24.3 Å². The van der Waals surface area contributed by atoms with E-state index in [1.54, 1.807) is 11.3 Å². The highest BCUT2D eigenvalue weighted by Crippen LogP contribution is 2.63. The number of fused-ring (bicyclic) bond motifs is 1. The van der Waals surface area contributed by atoms with Crippen molar-refractivity contribution in [2.45, 2.75) is 11.8 Å². The zero-order chi connectivity index (χ0) is 16.2. The molecule has 0 spiro atoms. The number of hydrogen-bond acceptors (Lipinski definition) is 5. The molecule has 0 aliphatic heterocycles. The molecule has 1 heterocycles. The van der Waals surface area contributed by atoms with Gasteiger partial charge in [-0.15, -0.1) is 11.3 Å². The molecule has 0 N–H and O–H groups in total. The standard InChI is InChI=1S/C18H8N4S/c19-7-17(8-20)13-4-5-14(18(17,9-21)10-22)12-6-23-15-3-1-2-11(13)16(12)15/h1-6,13-14H/t13-,14+/m1/s1. The maximum atomic E-state index is 9.85. The molecule has 5 heteroatoms. The van der Waals surface area contributed by atoms with Crippen molar-refractivity contribution in [2.75, 3.05) is 0 Å². The molecule has 0 radical (unpaired) electrons. The number of hydrogen-bond donors (Lipinski definition) is 0. The van der Waals surface area contributed by atoms with Crippen LogP contribution in [0.5, 0.6) is 0 Å². The number of benzene rings is 1. The molecule has 5 rings (SSSR count). The Morgan fingerprint density at radius 1 is 0.826 bits per heavy atom. The van der Waals surface area contributed by atoms with E-state index in [0.717, 1.165) is 21.2 Å². The lowest BCUT2D eigenvalue weighted by Crippen LogP contribution is -2.47. The summed E-state index contributed by atoms with van der Waals surface area (Å²) in [6.07, 6.45) is 3.65. The molecule has 4 nitrogen and oxygen atoms in total. The summed E-state index contributed by atoms with van der Waals surface area (Å²) in [5.74, 6) is -1.17. The van der Waals surface area contributed by atoms with Gasteiger partial charge >= 0.3 is 0 Å². The first-order valence-corrected chi connectivity index (χ1v) is 7.90. The van der Waals surface area contributed by atoms with Crippen LogP contribution in [-0.2, 0) is 0 Å². The lowest BCUT2D eigenvalue weighted by molar-refractivity contribution is 0.237. The van der Waals surface area contributed by atoms with Crippen molar-refractivity contribution in [3.8, 4) is 24.3 Å². The van der Waals surface area contributed by atoms with Gasteiger partial charge in [0, 0.05) is 21.9 Å². The second-order valence-electron chi connectivity index (χ2n) is 5.81. The molecular weight excluding hydrogens is 304 g/mol. The SMILES string of the molecule is N#CC1(C#N)[C@@H]2C=C[C@@H](c3csc4cccc2c34)C1(C#N)C#N. The van der Waals surface area contributed by atoms with Crippen LogP contribution >= 0.6 is 11.3 Å². The van der Waals surface area contributed by atoms with Crippen molar-refractivity contribution in [2.24, 2.45) is 10.8 Å². The van der Waals surface area contributed by atoms with Gasteiger partial charge in [-0.25, -0.2) is 0 Å². The predicted molar refractivity (Wildman–Crippen MR) is 83.8 cm³/mol. The van der Waals surface area contributed by atoms with Gasteiger partial charge in [0.1, 0.15) is 0 Å². The van der Waals surface area contributed by atoms with E-state index in [0.29, 0.717) is 0 Å². The third kappa shape index (κ3) is 1.24. The lowest BCUT2D eigenvalue weighted by atomic mass is 9.51. The van der Waals surface area contributed by atoms with Crippen molar-refractivity contribution in [1.29, 1.82) is 21.0 Å². The molecule has 3 aliphatic carbocycles. The average molecular weight is 312 g/mol. The van der Waals surface area contributed by atoms with Gasteiger partial charge in [-0.05, 0) is 22.6 Å². The Kier molecular flexibility index (Phi) is 2.48. The van der Waals surface area contributed by atoms with Crippen molar-refractivity contribution in [3.63, 3.8) is 0 Å². The first-order valence-electron chi connectivity index (χ1n) is 7.02. The maximum Gasteiger partial charge on any atom is 0.186 e. The lowest BCUT2D eigenvalue weighted by Gasteiger charge is -2.41. The summed E-state index contributed by atoms with van der Waals surface area (Å²) in [6.45, 7) is 0. The minimum Gasteiger partial charge on any atom is -0.196 e. The smallest absolute Gasteiger partial charge is 0.186 e. The van der Waals surface area contributed by atoms with Crippen molar-refractivity contribution in [3.05, 3.63) is 46.9 Å². The molecule has 0 saturated carbocycles. The Bertz CT molecular complexity index is 1020. The minimum atomic E-state index is -1.72. The fourth-order valence-corrected chi connectivity index (χ4v) is 5.01. The Morgan fingerprint density at radius 2 is 1.39 bits per heavy atom. The molecule has 1 aromatic carbocycles. The largest absolute Gasteiger partial charge is 0.196 e. The van der Waals surface area contributed by atoms with E-state index in [9.17, 15) is 21.0 Å². The minimum absolute atomic E-state index is 0.578. The van der Waals surface area contributed by atoms with Crippen LogP contribution in [-0.4, -0.2) is 0 Å². The maximum absolute atomic E-state index is 9.85. The topological polar surface area (TPSA) is 95.2 Å². The fourth-order valence-electron chi connectivity index (χ4n) is 3.99. The summed E-state index contributed by atoms with van der Waals surface area (Å²) in [5.41, 5.74) is -1.72. The Balaban J connectivity index is 2.25. The molecule has 0 saturated heterocycles. The third-order valence-corrected chi connectivity index (χ3v) is 6.05. The quantitative estimate of drug-likeness (QED) is 0.692. The fraction of sp³-hybridized carbons (Fsp3) is 0.222. The molecule has 0 unspecified atom stereocenters. The monoisotopic (exact) mass is 312 g/mol. The number of nitrogens with zero attached hydrogens (tertiary/aromatic N) is 4. The predicted octanol–water partition coefficient (Wildman–Crippen LogP) is 3.72. The van der Waals surface area contributed by atoms with Crippen LogP contribution in [0.15, 0.2) is 35.7 Å². The molecule has 106 valence electrons. The van der Waals surface area contributed by atoms with Crippen LogP contribution in [0.4, 0.5) is 0 Å².